The Kier molecular flexibility index (Phi) is 5.20. The van der Waals surface area contributed by atoms with E-state index < -0.39 is 24.2 Å². The summed E-state index contributed by atoms with van der Waals surface area (Å²) in [7, 11) is 2.87. The van der Waals surface area contributed by atoms with Gasteiger partial charge in [-0.25, -0.2) is 0 Å². The number of hydrogen-bond acceptors (Lipinski definition) is 4. The molecule has 0 saturated heterocycles. The molecular weight excluding hydrogens is 261 g/mol. The number of nitrogens with one attached hydrogen (secondary N) is 1. The number of hydrogen-bond donors (Lipinski definition) is 1. The van der Waals surface area contributed by atoms with Crippen molar-refractivity contribution in [1.82, 2.24) is 10.2 Å². The lowest BCUT2D eigenvalue weighted by Gasteiger charge is -2.30. The molecule has 1 atom stereocenters. The molecule has 1 saturated carbocycles. The van der Waals surface area contributed by atoms with Gasteiger partial charge in [-0.2, -0.15) is 13.2 Å². The summed E-state index contributed by atoms with van der Waals surface area (Å²) in [6.07, 6.45) is -2.33. The standard InChI is InChI=1S/C12H21F3N2O2/c1-11(16-2,10(18)19-3)6-7-17(9-4-5-9)8-12(13,14)15/h9,16H,4-8H2,1-3H3. The molecular formula is C12H21F3N2O2. The maximum Gasteiger partial charge on any atom is 0.401 e. The minimum Gasteiger partial charge on any atom is -0.468 e. The van der Waals surface area contributed by atoms with Gasteiger partial charge in [-0.3, -0.25) is 9.69 Å². The molecule has 1 rings (SSSR count). The number of likely N-dealkylation sites (N-methyl/N-ethyl adjacent to an activating group) is 1. The molecule has 7 heteroatoms. The van der Waals surface area contributed by atoms with Crippen LogP contribution < -0.4 is 5.32 Å². The summed E-state index contributed by atoms with van der Waals surface area (Å²) in [5, 5.41) is 2.82. The van der Waals surface area contributed by atoms with Crippen molar-refractivity contribution in [1.29, 1.82) is 0 Å². The van der Waals surface area contributed by atoms with E-state index in [2.05, 4.69) is 10.1 Å². The quantitative estimate of drug-likeness (QED) is 0.719. The van der Waals surface area contributed by atoms with Gasteiger partial charge in [-0.05, 0) is 33.2 Å². The largest absolute Gasteiger partial charge is 0.468 e. The Morgan fingerprint density at radius 2 is 2.00 bits per heavy atom. The van der Waals surface area contributed by atoms with Gasteiger partial charge < -0.3 is 10.1 Å². The molecule has 1 fully saturated rings. The van der Waals surface area contributed by atoms with Crippen LogP contribution in [0.5, 0.6) is 0 Å². The molecule has 112 valence electrons. The highest BCUT2D eigenvalue weighted by atomic mass is 19.4. The third-order valence-electron chi connectivity index (χ3n) is 3.53. The van der Waals surface area contributed by atoms with Gasteiger partial charge in [0.25, 0.3) is 0 Å². The molecule has 4 nitrogen and oxygen atoms in total. The zero-order chi connectivity index (χ0) is 14.7. The Morgan fingerprint density at radius 3 is 2.37 bits per heavy atom. The lowest BCUT2D eigenvalue weighted by molar-refractivity contribution is -0.151. The van der Waals surface area contributed by atoms with E-state index >= 15 is 0 Å². The van der Waals surface area contributed by atoms with Gasteiger partial charge in [0.2, 0.25) is 0 Å². The highest BCUT2D eigenvalue weighted by Gasteiger charge is 2.40. The Balaban J connectivity index is 2.57. The maximum atomic E-state index is 12.5. The van der Waals surface area contributed by atoms with Crippen molar-refractivity contribution in [3.05, 3.63) is 0 Å². The fourth-order valence-corrected chi connectivity index (χ4v) is 1.98. The van der Waals surface area contributed by atoms with E-state index in [9.17, 15) is 18.0 Å². The van der Waals surface area contributed by atoms with Gasteiger partial charge >= 0.3 is 12.1 Å². The van der Waals surface area contributed by atoms with Crippen molar-refractivity contribution in [3.8, 4) is 0 Å². The lowest BCUT2D eigenvalue weighted by Crippen LogP contribution is -2.51. The van der Waals surface area contributed by atoms with E-state index in [0.717, 1.165) is 12.8 Å². The van der Waals surface area contributed by atoms with Crippen molar-refractivity contribution in [2.75, 3.05) is 27.2 Å². The minimum atomic E-state index is -4.20. The monoisotopic (exact) mass is 282 g/mol. The Hall–Kier alpha value is -0.820. The van der Waals surface area contributed by atoms with E-state index in [4.69, 9.17) is 0 Å². The van der Waals surface area contributed by atoms with Crippen molar-refractivity contribution in [3.63, 3.8) is 0 Å². The van der Waals surface area contributed by atoms with Gasteiger partial charge in [-0.15, -0.1) is 0 Å². The van der Waals surface area contributed by atoms with Crippen LogP contribution in [-0.2, 0) is 9.53 Å². The van der Waals surface area contributed by atoms with E-state index in [0.29, 0.717) is 0 Å². The second-order valence-electron chi connectivity index (χ2n) is 5.14. The van der Waals surface area contributed by atoms with Crippen LogP contribution in [0.4, 0.5) is 13.2 Å². The first-order valence-electron chi connectivity index (χ1n) is 6.30. The van der Waals surface area contributed by atoms with Crippen molar-refractivity contribution >= 4 is 5.97 Å². The molecule has 19 heavy (non-hydrogen) atoms. The number of nitrogens with zero attached hydrogens (tertiary/aromatic N) is 1. The van der Waals surface area contributed by atoms with Crippen LogP contribution in [0.25, 0.3) is 0 Å². The smallest absolute Gasteiger partial charge is 0.401 e. The zero-order valence-corrected chi connectivity index (χ0v) is 11.5. The van der Waals surface area contributed by atoms with Gasteiger partial charge in [-0.1, -0.05) is 0 Å². The molecule has 1 unspecified atom stereocenters. The summed E-state index contributed by atoms with van der Waals surface area (Å²) in [4.78, 5) is 13.0. The number of rotatable bonds is 7. The second kappa shape index (κ2) is 6.09. The van der Waals surface area contributed by atoms with Crippen LogP contribution in [0.1, 0.15) is 26.2 Å². The SMILES string of the molecule is CNC(C)(CCN(CC(F)(F)F)C1CC1)C(=O)OC. The van der Waals surface area contributed by atoms with Crippen LogP contribution in [-0.4, -0.2) is 55.9 Å². The number of ether oxygens (including phenoxy) is 1. The van der Waals surface area contributed by atoms with E-state index in [-0.39, 0.29) is 19.0 Å². The Labute approximate surface area is 111 Å². The molecule has 0 aliphatic heterocycles. The molecule has 0 spiro atoms. The molecule has 1 aliphatic carbocycles. The fourth-order valence-electron chi connectivity index (χ4n) is 1.98. The van der Waals surface area contributed by atoms with E-state index in [1.54, 1.807) is 14.0 Å². The average Bonchev–Trinajstić information content (AvgIpc) is 3.15. The van der Waals surface area contributed by atoms with Crippen molar-refractivity contribution in [2.24, 2.45) is 0 Å². The van der Waals surface area contributed by atoms with Crippen molar-refractivity contribution < 1.29 is 22.7 Å². The minimum absolute atomic E-state index is 0.000350. The molecule has 1 aliphatic rings. The normalized spacial score (nSPS) is 19.3. The first kappa shape index (κ1) is 16.2. The molecule has 0 aromatic rings. The van der Waals surface area contributed by atoms with Crippen LogP contribution >= 0.6 is 0 Å². The highest BCUT2D eigenvalue weighted by Crippen LogP contribution is 2.30. The lowest BCUT2D eigenvalue weighted by atomic mass is 9.98. The predicted octanol–water partition coefficient (Wildman–Crippen LogP) is 1.55. The number of methoxy groups -OCH3 is 1. The van der Waals surface area contributed by atoms with Crippen LogP contribution in [0.3, 0.4) is 0 Å². The molecule has 1 N–H and O–H groups in total. The van der Waals surface area contributed by atoms with E-state index in [1.807, 2.05) is 0 Å². The van der Waals surface area contributed by atoms with Crippen LogP contribution in [0, 0.1) is 0 Å². The highest BCUT2D eigenvalue weighted by molar-refractivity contribution is 5.80. The van der Waals surface area contributed by atoms with Gasteiger partial charge in [0.15, 0.2) is 0 Å². The summed E-state index contributed by atoms with van der Waals surface area (Å²) in [5.74, 6) is -0.460. The number of halogens is 3. The average molecular weight is 282 g/mol. The fraction of sp³-hybridized carbons (Fsp3) is 0.917. The number of alkyl halides is 3. The van der Waals surface area contributed by atoms with Crippen LogP contribution in [0.15, 0.2) is 0 Å². The summed E-state index contributed by atoms with van der Waals surface area (Å²) < 4.78 is 42.1. The van der Waals surface area contributed by atoms with Crippen LogP contribution in [0.2, 0.25) is 0 Å². The predicted molar refractivity (Wildman–Crippen MR) is 64.7 cm³/mol. The topological polar surface area (TPSA) is 41.6 Å². The summed E-state index contributed by atoms with van der Waals surface area (Å²) >= 11 is 0. The first-order chi connectivity index (χ1) is 8.72. The summed E-state index contributed by atoms with van der Waals surface area (Å²) in [6, 6.07) is 0.000350. The third kappa shape index (κ3) is 4.99. The molecule has 0 bridgehead atoms. The van der Waals surface area contributed by atoms with Gasteiger partial charge in [0, 0.05) is 12.6 Å². The Morgan fingerprint density at radius 1 is 1.42 bits per heavy atom. The number of esters is 1. The number of carbonyl (C=O) groups excluding carboxylic acids is 1. The molecule has 0 aromatic carbocycles. The second-order valence-corrected chi connectivity index (χ2v) is 5.14. The van der Waals surface area contributed by atoms with E-state index in [1.165, 1.54) is 12.0 Å². The molecule has 0 radical (unpaired) electrons. The van der Waals surface area contributed by atoms with Crippen molar-refractivity contribution in [2.45, 2.75) is 43.9 Å². The Bertz CT molecular complexity index is 319. The summed E-state index contributed by atoms with van der Waals surface area (Å²) in [6.45, 7) is 0.937. The first-order valence-corrected chi connectivity index (χ1v) is 6.30. The number of carbonyl (C=O) groups is 1. The maximum absolute atomic E-state index is 12.5. The summed E-state index contributed by atoms with van der Waals surface area (Å²) in [5.41, 5.74) is -0.951. The molecule has 0 amide bonds. The zero-order valence-electron chi connectivity index (χ0n) is 11.5. The molecule has 0 aromatic heterocycles. The van der Waals surface area contributed by atoms with Gasteiger partial charge in [0.1, 0.15) is 5.54 Å². The molecule has 0 heterocycles. The van der Waals surface area contributed by atoms with Gasteiger partial charge in [0.05, 0.1) is 13.7 Å². The third-order valence-corrected chi connectivity index (χ3v) is 3.53.